The van der Waals surface area contributed by atoms with Gasteiger partial charge in [0.2, 0.25) is 0 Å². The van der Waals surface area contributed by atoms with Gasteiger partial charge in [-0.2, -0.15) is 0 Å². The Hall–Kier alpha value is -0.420. The van der Waals surface area contributed by atoms with E-state index in [1.54, 1.807) is 6.08 Å². The Morgan fingerprint density at radius 2 is 1.50 bits per heavy atom. The topological polar surface area (TPSA) is 36.9 Å². The third kappa shape index (κ3) is 6.78. The maximum absolute atomic E-state index is 6.05. The van der Waals surface area contributed by atoms with Crippen LogP contribution in [0.2, 0.25) is 0 Å². The molecule has 0 aliphatic carbocycles. The Kier molecular flexibility index (Phi) is 10.8. The maximum atomic E-state index is 6.05. The molecule has 0 aromatic rings. The van der Waals surface area contributed by atoms with Crippen LogP contribution >= 0.6 is 0 Å². The first kappa shape index (κ1) is 19.6. The molecule has 0 aromatic heterocycles. The molecule has 1 heterocycles. The van der Waals surface area contributed by atoms with Crippen LogP contribution in [0.15, 0.2) is 12.7 Å². The van der Waals surface area contributed by atoms with Crippen molar-refractivity contribution in [2.24, 2.45) is 0 Å². The normalized spacial score (nSPS) is 28.1. The monoisotopic (exact) mass is 314 g/mol. The molecule has 0 aromatic carbocycles. The second kappa shape index (κ2) is 12.1. The molecule has 0 radical (unpaired) electrons. The van der Waals surface area contributed by atoms with Crippen molar-refractivity contribution in [1.29, 1.82) is 0 Å². The molecule has 130 valence electrons. The highest BCUT2D eigenvalue weighted by Crippen LogP contribution is 2.28. The van der Waals surface area contributed by atoms with Crippen LogP contribution in [0, 0.1) is 0 Å². The fourth-order valence-electron chi connectivity index (χ4n) is 2.63. The van der Waals surface area contributed by atoms with Gasteiger partial charge in [-0.3, -0.25) is 0 Å². The van der Waals surface area contributed by atoms with Gasteiger partial charge in [0.15, 0.2) is 6.29 Å². The highest BCUT2D eigenvalue weighted by Gasteiger charge is 2.44. The molecular formula is C18H34O4. The molecule has 0 amide bonds. The first-order valence-corrected chi connectivity index (χ1v) is 8.85. The van der Waals surface area contributed by atoms with Crippen LogP contribution in [0.5, 0.6) is 0 Å². The van der Waals surface area contributed by atoms with Crippen LogP contribution in [0.1, 0.15) is 59.3 Å². The van der Waals surface area contributed by atoms with Crippen molar-refractivity contribution in [3.63, 3.8) is 0 Å². The molecule has 1 fully saturated rings. The van der Waals surface area contributed by atoms with Crippen LogP contribution in [-0.2, 0) is 18.9 Å². The number of ether oxygens (including phenoxy) is 4. The van der Waals surface area contributed by atoms with E-state index in [1.807, 2.05) is 6.92 Å². The number of hydrogen-bond acceptors (Lipinski definition) is 4. The fourth-order valence-corrected chi connectivity index (χ4v) is 2.63. The van der Waals surface area contributed by atoms with E-state index in [2.05, 4.69) is 20.4 Å². The lowest BCUT2D eigenvalue weighted by atomic mass is 10.1. The molecule has 1 saturated heterocycles. The lowest BCUT2D eigenvalue weighted by molar-refractivity contribution is -0.171. The third-order valence-corrected chi connectivity index (χ3v) is 3.90. The summed E-state index contributed by atoms with van der Waals surface area (Å²) >= 11 is 0. The van der Waals surface area contributed by atoms with E-state index in [0.29, 0.717) is 6.61 Å². The average molecular weight is 314 g/mol. The molecule has 0 unspecified atom stereocenters. The SMILES string of the molecule is C=CCO[C@H]1O[C@H](C)[C@@H](OCCCCC)[C@H]1OCCCCC. The quantitative estimate of drug-likeness (QED) is 0.379. The molecular weight excluding hydrogens is 280 g/mol. The highest BCUT2D eigenvalue weighted by atomic mass is 16.7. The second-order valence-electron chi connectivity index (χ2n) is 5.92. The first-order chi connectivity index (χ1) is 10.7. The Morgan fingerprint density at radius 3 is 2.05 bits per heavy atom. The van der Waals surface area contributed by atoms with Gasteiger partial charge < -0.3 is 18.9 Å². The van der Waals surface area contributed by atoms with Gasteiger partial charge in [0, 0.05) is 13.2 Å². The zero-order valence-corrected chi connectivity index (χ0v) is 14.6. The lowest BCUT2D eigenvalue weighted by Crippen LogP contribution is -2.38. The van der Waals surface area contributed by atoms with Crippen molar-refractivity contribution >= 4 is 0 Å². The van der Waals surface area contributed by atoms with Crippen molar-refractivity contribution in [2.75, 3.05) is 19.8 Å². The molecule has 0 bridgehead atoms. The van der Waals surface area contributed by atoms with E-state index in [4.69, 9.17) is 18.9 Å². The number of rotatable bonds is 13. The second-order valence-corrected chi connectivity index (χ2v) is 5.92. The van der Waals surface area contributed by atoms with Gasteiger partial charge in [0.05, 0.1) is 12.7 Å². The molecule has 4 nitrogen and oxygen atoms in total. The maximum Gasteiger partial charge on any atom is 0.187 e. The minimum atomic E-state index is -0.356. The van der Waals surface area contributed by atoms with Gasteiger partial charge in [-0.15, -0.1) is 6.58 Å². The van der Waals surface area contributed by atoms with E-state index in [1.165, 1.54) is 25.7 Å². The molecule has 4 atom stereocenters. The van der Waals surface area contributed by atoms with E-state index < -0.39 is 0 Å². The van der Waals surface area contributed by atoms with Crippen molar-refractivity contribution < 1.29 is 18.9 Å². The van der Waals surface area contributed by atoms with E-state index in [-0.39, 0.29) is 24.6 Å². The summed E-state index contributed by atoms with van der Waals surface area (Å²) in [6.45, 7) is 12.1. The van der Waals surface area contributed by atoms with Gasteiger partial charge >= 0.3 is 0 Å². The lowest BCUT2D eigenvalue weighted by Gasteiger charge is -2.24. The Bertz CT molecular complexity index is 282. The summed E-state index contributed by atoms with van der Waals surface area (Å²) in [4.78, 5) is 0. The Labute approximate surface area is 136 Å². The summed E-state index contributed by atoms with van der Waals surface area (Å²) in [6, 6.07) is 0. The van der Waals surface area contributed by atoms with Crippen LogP contribution in [0.3, 0.4) is 0 Å². The molecule has 1 aliphatic rings. The van der Waals surface area contributed by atoms with Crippen LogP contribution in [0.25, 0.3) is 0 Å². The minimum Gasteiger partial charge on any atom is -0.373 e. The predicted octanol–water partition coefficient (Wildman–Crippen LogP) is 4.08. The molecule has 0 N–H and O–H groups in total. The zero-order valence-electron chi connectivity index (χ0n) is 14.6. The smallest absolute Gasteiger partial charge is 0.187 e. The largest absolute Gasteiger partial charge is 0.373 e. The number of unbranched alkanes of at least 4 members (excludes halogenated alkanes) is 4. The average Bonchev–Trinajstić information content (AvgIpc) is 2.81. The van der Waals surface area contributed by atoms with E-state index in [0.717, 1.165) is 26.1 Å². The summed E-state index contributed by atoms with van der Waals surface area (Å²) in [5.74, 6) is 0. The Morgan fingerprint density at radius 1 is 0.909 bits per heavy atom. The molecule has 1 aliphatic heterocycles. The first-order valence-electron chi connectivity index (χ1n) is 8.85. The van der Waals surface area contributed by atoms with Gasteiger partial charge in [-0.1, -0.05) is 45.6 Å². The summed E-state index contributed by atoms with van der Waals surface area (Å²) in [6.07, 6.45) is 8.09. The van der Waals surface area contributed by atoms with Crippen LogP contribution in [0.4, 0.5) is 0 Å². The molecule has 0 spiro atoms. The summed E-state index contributed by atoms with van der Waals surface area (Å²) in [5.41, 5.74) is 0. The molecule has 1 rings (SSSR count). The van der Waals surface area contributed by atoms with Gasteiger partial charge in [0.25, 0.3) is 0 Å². The number of hydrogen-bond donors (Lipinski definition) is 0. The third-order valence-electron chi connectivity index (χ3n) is 3.90. The molecule has 22 heavy (non-hydrogen) atoms. The summed E-state index contributed by atoms with van der Waals surface area (Å²) in [5, 5.41) is 0. The van der Waals surface area contributed by atoms with Crippen LogP contribution in [-0.4, -0.2) is 44.4 Å². The molecule has 0 saturated carbocycles. The van der Waals surface area contributed by atoms with Gasteiger partial charge in [-0.05, 0) is 19.8 Å². The van der Waals surface area contributed by atoms with E-state index >= 15 is 0 Å². The fraction of sp³-hybridized carbons (Fsp3) is 0.889. The van der Waals surface area contributed by atoms with Crippen LogP contribution < -0.4 is 0 Å². The highest BCUT2D eigenvalue weighted by molar-refractivity contribution is 4.88. The minimum absolute atomic E-state index is 0.00684. The Balaban J connectivity index is 2.49. The van der Waals surface area contributed by atoms with Gasteiger partial charge in [0.1, 0.15) is 12.2 Å². The van der Waals surface area contributed by atoms with Crippen molar-refractivity contribution in [3.05, 3.63) is 12.7 Å². The summed E-state index contributed by atoms with van der Waals surface area (Å²) in [7, 11) is 0. The van der Waals surface area contributed by atoms with E-state index in [9.17, 15) is 0 Å². The van der Waals surface area contributed by atoms with Crippen molar-refractivity contribution in [3.8, 4) is 0 Å². The summed E-state index contributed by atoms with van der Waals surface area (Å²) < 4.78 is 23.7. The zero-order chi connectivity index (χ0) is 16.2. The van der Waals surface area contributed by atoms with Gasteiger partial charge in [-0.25, -0.2) is 0 Å². The van der Waals surface area contributed by atoms with Crippen molar-refractivity contribution in [1.82, 2.24) is 0 Å². The predicted molar refractivity (Wildman–Crippen MR) is 89.0 cm³/mol. The molecule has 4 heteroatoms. The van der Waals surface area contributed by atoms with Crippen molar-refractivity contribution in [2.45, 2.75) is 83.9 Å². The standard InChI is InChI=1S/C18H34O4/c1-5-8-10-13-19-16-15(4)22-18(21-12-7-3)17(16)20-14-11-9-6-2/h7,15-18H,3,5-6,8-14H2,1-2,4H3/t15-,16-,17-,18+/m1/s1.